The largest absolute Gasteiger partial charge is 0.463 e. The van der Waals surface area contributed by atoms with E-state index in [1.165, 1.54) is 37.5 Å². The van der Waals surface area contributed by atoms with Crippen molar-refractivity contribution in [2.45, 2.75) is 11.8 Å². The Morgan fingerprint density at radius 2 is 1.89 bits per heavy atom. The first kappa shape index (κ1) is 16.9. The molecule has 0 spiro atoms. The second kappa shape index (κ2) is 6.02. The smallest absolute Gasteiger partial charge is 0.270 e. The Morgan fingerprint density at radius 3 is 2.52 bits per heavy atom. The number of hydrogen-bond donors (Lipinski definition) is 1. The molecule has 0 aliphatic carbocycles. The number of carbonyl (C=O) groups excluding carboxylic acids is 1. The van der Waals surface area contributed by atoms with Gasteiger partial charge in [-0.05, 0) is 31.2 Å². The van der Waals surface area contributed by atoms with Crippen molar-refractivity contribution in [1.82, 2.24) is 18.9 Å². The van der Waals surface area contributed by atoms with E-state index in [1.54, 1.807) is 12.1 Å². The van der Waals surface area contributed by atoms with E-state index in [0.29, 0.717) is 17.0 Å². The number of hydrogen-bond acceptors (Lipinski definition) is 8. The topological polar surface area (TPSA) is 134 Å². The Morgan fingerprint density at radius 1 is 1.15 bits per heavy atom. The quantitative estimate of drug-likeness (QED) is 0.530. The van der Waals surface area contributed by atoms with E-state index in [2.05, 4.69) is 15.0 Å². The molecule has 27 heavy (non-hydrogen) atoms. The average molecular weight is 383 g/mol. The van der Waals surface area contributed by atoms with Gasteiger partial charge in [0.15, 0.2) is 17.2 Å². The van der Waals surface area contributed by atoms with Gasteiger partial charge in [-0.2, -0.15) is 4.98 Å². The predicted octanol–water partition coefficient (Wildman–Crippen LogP) is 2.11. The van der Waals surface area contributed by atoms with Crippen molar-refractivity contribution in [2.75, 3.05) is 5.73 Å². The van der Waals surface area contributed by atoms with Gasteiger partial charge in [-0.25, -0.2) is 22.4 Å². The number of nitrogen functional groups attached to an aromatic ring is 1. The maximum absolute atomic E-state index is 13.0. The number of nitrogens with zero attached hydrogens (tertiary/aromatic N) is 4. The minimum Gasteiger partial charge on any atom is -0.463 e. The van der Waals surface area contributed by atoms with Crippen molar-refractivity contribution in [3.63, 3.8) is 0 Å². The maximum atomic E-state index is 13.0. The number of furan rings is 1. The van der Waals surface area contributed by atoms with Gasteiger partial charge in [-0.1, -0.05) is 12.1 Å². The van der Waals surface area contributed by atoms with E-state index in [4.69, 9.17) is 10.2 Å². The molecule has 4 aromatic rings. The maximum Gasteiger partial charge on any atom is 0.270 e. The van der Waals surface area contributed by atoms with Crippen LogP contribution in [0.2, 0.25) is 0 Å². The molecule has 136 valence electrons. The van der Waals surface area contributed by atoms with Crippen LogP contribution in [0.15, 0.2) is 58.3 Å². The van der Waals surface area contributed by atoms with Crippen LogP contribution in [0.25, 0.3) is 22.6 Å². The van der Waals surface area contributed by atoms with E-state index in [1.807, 2.05) is 0 Å². The highest BCUT2D eigenvalue weighted by atomic mass is 32.2. The molecule has 3 aromatic heterocycles. The third-order valence-corrected chi connectivity index (χ3v) is 5.61. The Hall–Kier alpha value is -3.53. The van der Waals surface area contributed by atoms with Gasteiger partial charge in [-0.15, -0.1) is 0 Å². The molecule has 0 amide bonds. The van der Waals surface area contributed by atoms with Crippen LogP contribution in [-0.2, 0) is 10.0 Å². The predicted molar refractivity (Wildman–Crippen MR) is 96.5 cm³/mol. The highest BCUT2D eigenvalue weighted by molar-refractivity contribution is 7.90. The molecule has 0 saturated heterocycles. The molecule has 0 saturated carbocycles. The third-order valence-electron chi connectivity index (χ3n) is 3.96. The lowest BCUT2D eigenvalue weighted by Crippen LogP contribution is -2.13. The summed E-state index contributed by atoms with van der Waals surface area (Å²) in [7, 11) is -4.00. The normalized spacial score (nSPS) is 11.7. The number of benzene rings is 1. The van der Waals surface area contributed by atoms with Crippen LogP contribution in [0.5, 0.6) is 0 Å². The Bertz CT molecular complexity index is 1260. The lowest BCUT2D eigenvalue weighted by atomic mass is 10.2. The zero-order chi connectivity index (χ0) is 19.2. The molecule has 1 aromatic carbocycles. The molecule has 0 radical (unpaired) electrons. The Balaban J connectivity index is 1.90. The summed E-state index contributed by atoms with van der Waals surface area (Å²) in [6.07, 6.45) is 2.60. The fourth-order valence-electron chi connectivity index (χ4n) is 2.63. The molecule has 0 atom stereocenters. The van der Waals surface area contributed by atoms with Gasteiger partial charge >= 0.3 is 0 Å². The summed E-state index contributed by atoms with van der Waals surface area (Å²) in [5, 5.41) is 0. The summed E-state index contributed by atoms with van der Waals surface area (Å²) in [5.41, 5.74) is 6.74. The number of carbonyl (C=O) groups is 1. The van der Waals surface area contributed by atoms with E-state index >= 15 is 0 Å². The standard InChI is InChI=1S/C17H13N5O4S/c1-10(23)11-4-6-12(7-5-11)27(24,25)22-9-19-15-14(13-3-2-8-26-13)20-17(18)21-16(15)22/h2-9H,1H3,(H2,18,20,21). The van der Waals surface area contributed by atoms with Crippen molar-refractivity contribution >= 4 is 32.9 Å². The summed E-state index contributed by atoms with van der Waals surface area (Å²) in [4.78, 5) is 23.7. The number of aromatic nitrogens is 4. The van der Waals surface area contributed by atoms with Crippen LogP contribution in [-0.4, -0.2) is 33.1 Å². The van der Waals surface area contributed by atoms with Crippen LogP contribution in [0.3, 0.4) is 0 Å². The lowest BCUT2D eigenvalue weighted by Gasteiger charge is -2.07. The first-order chi connectivity index (χ1) is 12.9. The zero-order valence-corrected chi connectivity index (χ0v) is 14.8. The SMILES string of the molecule is CC(=O)c1ccc(S(=O)(=O)n2cnc3c(-c4ccco4)nc(N)nc32)cc1. The molecule has 0 bridgehead atoms. The second-order valence-corrected chi connectivity index (χ2v) is 7.52. The summed E-state index contributed by atoms with van der Waals surface area (Å²) in [6.45, 7) is 1.41. The number of rotatable bonds is 4. The molecular formula is C17H13N5O4S. The molecule has 0 aliphatic rings. The second-order valence-electron chi connectivity index (χ2n) is 5.71. The minimum atomic E-state index is -4.00. The molecular weight excluding hydrogens is 370 g/mol. The highest BCUT2D eigenvalue weighted by Gasteiger charge is 2.24. The van der Waals surface area contributed by atoms with Gasteiger partial charge in [0.1, 0.15) is 17.5 Å². The zero-order valence-electron chi connectivity index (χ0n) is 14.0. The first-order valence-electron chi connectivity index (χ1n) is 7.79. The van der Waals surface area contributed by atoms with E-state index in [9.17, 15) is 13.2 Å². The van der Waals surface area contributed by atoms with Gasteiger partial charge in [0.05, 0.1) is 11.2 Å². The van der Waals surface area contributed by atoms with Crippen LogP contribution in [0.1, 0.15) is 17.3 Å². The number of fused-ring (bicyclic) bond motifs is 1. The van der Waals surface area contributed by atoms with Crippen LogP contribution in [0.4, 0.5) is 5.95 Å². The fourth-order valence-corrected chi connectivity index (χ4v) is 3.87. The highest BCUT2D eigenvalue weighted by Crippen LogP contribution is 2.28. The minimum absolute atomic E-state index is 0.0106. The molecule has 0 fully saturated rings. The van der Waals surface area contributed by atoms with Crippen LogP contribution < -0.4 is 5.73 Å². The summed E-state index contributed by atoms with van der Waals surface area (Å²) in [6, 6.07) is 8.95. The number of Topliss-reactive ketones (excluding diaryl/α,β-unsaturated/α-hetero) is 1. The summed E-state index contributed by atoms with van der Waals surface area (Å²) < 4.78 is 32.3. The van der Waals surface area contributed by atoms with E-state index in [-0.39, 0.29) is 27.8 Å². The van der Waals surface area contributed by atoms with Crippen LogP contribution >= 0.6 is 0 Å². The molecule has 0 unspecified atom stereocenters. The van der Waals surface area contributed by atoms with Crippen molar-refractivity contribution in [2.24, 2.45) is 0 Å². The fraction of sp³-hybridized carbons (Fsp3) is 0.0588. The third kappa shape index (κ3) is 2.75. The monoisotopic (exact) mass is 383 g/mol. The summed E-state index contributed by atoms with van der Waals surface area (Å²) >= 11 is 0. The average Bonchev–Trinajstić information content (AvgIpc) is 3.31. The molecule has 2 N–H and O–H groups in total. The van der Waals surface area contributed by atoms with Gasteiger partial charge in [0.25, 0.3) is 10.0 Å². The van der Waals surface area contributed by atoms with Crippen LogP contribution in [0, 0.1) is 0 Å². The van der Waals surface area contributed by atoms with Crippen molar-refractivity contribution in [3.05, 3.63) is 54.6 Å². The van der Waals surface area contributed by atoms with Gasteiger partial charge < -0.3 is 10.2 Å². The lowest BCUT2D eigenvalue weighted by molar-refractivity contribution is 0.101. The number of ketones is 1. The molecule has 9 nitrogen and oxygen atoms in total. The molecule has 3 heterocycles. The van der Waals surface area contributed by atoms with Gasteiger partial charge in [0.2, 0.25) is 5.95 Å². The van der Waals surface area contributed by atoms with Gasteiger partial charge in [0, 0.05) is 5.56 Å². The first-order valence-corrected chi connectivity index (χ1v) is 9.23. The Labute approximate surface area is 153 Å². The van der Waals surface area contributed by atoms with E-state index in [0.717, 1.165) is 10.3 Å². The number of nitrogens with two attached hydrogens (primary N) is 1. The molecule has 4 rings (SSSR count). The van der Waals surface area contributed by atoms with Crippen molar-refractivity contribution in [3.8, 4) is 11.5 Å². The number of imidazole rings is 1. The van der Waals surface area contributed by atoms with Crippen molar-refractivity contribution in [1.29, 1.82) is 0 Å². The van der Waals surface area contributed by atoms with Crippen molar-refractivity contribution < 1.29 is 17.6 Å². The number of anilines is 1. The molecule has 10 heteroatoms. The molecule has 0 aliphatic heterocycles. The van der Waals surface area contributed by atoms with E-state index < -0.39 is 10.0 Å². The summed E-state index contributed by atoms with van der Waals surface area (Å²) in [5.74, 6) is 0.121. The Kier molecular flexibility index (Phi) is 3.77. The van der Waals surface area contributed by atoms with Gasteiger partial charge in [-0.3, -0.25) is 4.79 Å².